The third kappa shape index (κ3) is 5.66. The van der Waals surface area contributed by atoms with E-state index in [1.807, 2.05) is 17.1 Å². The van der Waals surface area contributed by atoms with Crippen LogP contribution in [0.15, 0.2) is 18.2 Å². The van der Waals surface area contributed by atoms with Crippen LogP contribution in [-0.4, -0.2) is 48.6 Å². The van der Waals surface area contributed by atoms with Gasteiger partial charge in [0.25, 0.3) is 11.6 Å². The number of anilines is 1. The maximum absolute atomic E-state index is 12.1. The Kier molecular flexibility index (Phi) is 7.30. The molecule has 2 N–H and O–H groups in total. The van der Waals surface area contributed by atoms with Gasteiger partial charge >= 0.3 is 12.0 Å². The largest absolute Gasteiger partial charge is 0.452 e. The second-order valence-electron chi connectivity index (χ2n) is 6.56. The predicted molar refractivity (Wildman–Crippen MR) is 101 cm³/mol. The lowest BCUT2D eigenvalue weighted by molar-refractivity contribution is -0.384. The molecule has 1 heterocycles. The highest BCUT2D eigenvalue weighted by molar-refractivity contribution is 5.97. The van der Waals surface area contributed by atoms with Gasteiger partial charge < -0.3 is 15.0 Å². The van der Waals surface area contributed by atoms with Gasteiger partial charge in [0.05, 0.1) is 10.5 Å². The number of ether oxygens (including phenoxy) is 1. The molecule has 0 bridgehead atoms. The SMILES string of the molecule is CC[C@H](C)NC(=O)NC(=O)COC(=O)c1ccc(N2CCCC2)c([N+](=O)[O-])c1. The van der Waals surface area contributed by atoms with Crippen molar-refractivity contribution in [1.29, 1.82) is 0 Å². The summed E-state index contributed by atoms with van der Waals surface area (Å²) in [5.41, 5.74) is 0.235. The Bertz CT molecular complexity index is 760. The topological polar surface area (TPSA) is 131 Å². The summed E-state index contributed by atoms with van der Waals surface area (Å²) in [5, 5.41) is 16.0. The van der Waals surface area contributed by atoms with Crippen LogP contribution in [0.1, 0.15) is 43.5 Å². The number of nitro benzene ring substituents is 1. The molecule has 0 spiro atoms. The molecular formula is C18H24N4O6. The lowest BCUT2D eigenvalue weighted by Crippen LogP contribution is -2.44. The number of hydrogen-bond acceptors (Lipinski definition) is 7. The van der Waals surface area contributed by atoms with Gasteiger partial charge in [-0.2, -0.15) is 0 Å². The fraction of sp³-hybridized carbons (Fsp3) is 0.500. The summed E-state index contributed by atoms with van der Waals surface area (Å²) in [6.07, 6.45) is 2.62. The van der Waals surface area contributed by atoms with E-state index in [1.54, 1.807) is 6.92 Å². The summed E-state index contributed by atoms with van der Waals surface area (Å²) < 4.78 is 4.85. The van der Waals surface area contributed by atoms with Crippen molar-refractivity contribution in [2.45, 2.75) is 39.2 Å². The van der Waals surface area contributed by atoms with E-state index in [9.17, 15) is 24.5 Å². The van der Waals surface area contributed by atoms with E-state index >= 15 is 0 Å². The van der Waals surface area contributed by atoms with Crippen LogP contribution in [0.5, 0.6) is 0 Å². The van der Waals surface area contributed by atoms with Gasteiger partial charge in [-0.15, -0.1) is 0 Å². The minimum Gasteiger partial charge on any atom is -0.452 e. The van der Waals surface area contributed by atoms with Gasteiger partial charge in [0.15, 0.2) is 6.61 Å². The summed E-state index contributed by atoms with van der Waals surface area (Å²) in [6.45, 7) is 4.44. The maximum Gasteiger partial charge on any atom is 0.338 e. The molecule has 0 aliphatic carbocycles. The number of rotatable bonds is 7. The lowest BCUT2D eigenvalue weighted by atomic mass is 10.1. The van der Waals surface area contributed by atoms with Crippen molar-refractivity contribution >= 4 is 29.3 Å². The molecule has 28 heavy (non-hydrogen) atoms. The summed E-state index contributed by atoms with van der Waals surface area (Å²) in [6, 6.07) is 3.30. The third-order valence-corrected chi connectivity index (χ3v) is 4.43. The first-order valence-corrected chi connectivity index (χ1v) is 9.12. The summed E-state index contributed by atoms with van der Waals surface area (Å²) in [4.78, 5) is 48.1. The Morgan fingerprint density at radius 1 is 1.29 bits per heavy atom. The highest BCUT2D eigenvalue weighted by Gasteiger charge is 2.24. The minimum absolute atomic E-state index is 0.0356. The number of urea groups is 1. The van der Waals surface area contributed by atoms with Crippen LogP contribution in [0, 0.1) is 10.1 Å². The standard InChI is InChI=1S/C18H24N4O6/c1-3-12(2)19-18(25)20-16(23)11-28-17(24)13-6-7-14(15(10-13)22(26)27)21-8-4-5-9-21/h6-7,10,12H,3-5,8-9,11H2,1-2H3,(H2,19,20,23,25)/t12-/m0/s1. The van der Waals surface area contributed by atoms with Gasteiger partial charge in [-0.1, -0.05) is 6.92 Å². The van der Waals surface area contributed by atoms with E-state index in [1.165, 1.54) is 12.1 Å². The molecule has 10 heteroatoms. The number of imide groups is 1. The zero-order valence-corrected chi connectivity index (χ0v) is 15.9. The second kappa shape index (κ2) is 9.67. The summed E-state index contributed by atoms with van der Waals surface area (Å²) in [5.74, 6) is -1.68. The molecule has 1 aliphatic rings. The Labute approximate surface area is 162 Å². The number of esters is 1. The third-order valence-electron chi connectivity index (χ3n) is 4.43. The minimum atomic E-state index is -0.881. The monoisotopic (exact) mass is 392 g/mol. The number of amides is 3. The zero-order chi connectivity index (χ0) is 20.7. The molecule has 1 fully saturated rings. The summed E-state index contributed by atoms with van der Waals surface area (Å²) >= 11 is 0. The van der Waals surface area contributed by atoms with Crippen molar-refractivity contribution < 1.29 is 24.0 Å². The second-order valence-corrected chi connectivity index (χ2v) is 6.56. The molecule has 2 rings (SSSR count). The number of benzene rings is 1. The number of carbonyl (C=O) groups excluding carboxylic acids is 3. The predicted octanol–water partition coefficient (Wildman–Crippen LogP) is 1.98. The first-order valence-electron chi connectivity index (χ1n) is 9.12. The van der Waals surface area contributed by atoms with Gasteiger partial charge in [-0.05, 0) is 38.3 Å². The van der Waals surface area contributed by atoms with Crippen LogP contribution in [0.25, 0.3) is 0 Å². The highest BCUT2D eigenvalue weighted by Crippen LogP contribution is 2.31. The zero-order valence-electron chi connectivity index (χ0n) is 15.9. The first kappa shape index (κ1) is 21.1. The van der Waals surface area contributed by atoms with Gasteiger partial charge in [-0.25, -0.2) is 9.59 Å². The van der Waals surface area contributed by atoms with Crippen LogP contribution < -0.4 is 15.5 Å². The van der Waals surface area contributed by atoms with Crippen LogP contribution in [0.2, 0.25) is 0 Å². The van der Waals surface area contributed by atoms with E-state index < -0.39 is 29.4 Å². The lowest BCUT2D eigenvalue weighted by Gasteiger charge is -2.17. The van der Waals surface area contributed by atoms with Gasteiger partial charge in [0.2, 0.25) is 0 Å². The van der Waals surface area contributed by atoms with Gasteiger partial charge in [-0.3, -0.25) is 20.2 Å². The quantitative estimate of drug-likeness (QED) is 0.412. The average Bonchev–Trinajstić information content (AvgIpc) is 3.19. The van der Waals surface area contributed by atoms with Crippen LogP contribution >= 0.6 is 0 Å². The van der Waals surface area contributed by atoms with Crippen molar-refractivity contribution in [1.82, 2.24) is 10.6 Å². The average molecular weight is 392 g/mol. The van der Waals surface area contributed by atoms with Gasteiger partial charge in [0.1, 0.15) is 5.69 Å². The molecule has 3 amide bonds. The van der Waals surface area contributed by atoms with Crippen molar-refractivity contribution in [3.05, 3.63) is 33.9 Å². The fourth-order valence-corrected chi connectivity index (χ4v) is 2.76. The number of nitrogens with zero attached hydrogens (tertiary/aromatic N) is 2. The molecule has 0 aromatic heterocycles. The molecule has 0 radical (unpaired) electrons. The highest BCUT2D eigenvalue weighted by atomic mass is 16.6. The Morgan fingerprint density at radius 2 is 1.96 bits per heavy atom. The smallest absolute Gasteiger partial charge is 0.338 e. The van der Waals surface area contributed by atoms with Crippen molar-refractivity contribution in [2.75, 3.05) is 24.6 Å². The molecular weight excluding hydrogens is 368 g/mol. The first-order chi connectivity index (χ1) is 13.3. The van der Waals surface area contributed by atoms with E-state index in [4.69, 9.17) is 4.74 Å². The molecule has 0 saturated carbocycles. The number of nitro groups is 1. The Hall–Kier alpha value is -3.17. The molecule has 152 valence electrons. The number of carbonyl (C=O) groups is 3. The molecule has 1 saturated heterocycles. The van der Waals surface area contributed by atoms with Crippen molar-refractivity contribution in [3.63, 3.8) is 0 Å². The number of nitrogens with one attached hydrogen (secondary N) is 2. The van der Waals surface area contributed by atoms with E-state index in [2.05, 4.69) is 5.32 Å². The van der Waals surface area contributed by atoms with Crippen molar-refractivity contribution in [3.8, 4) is 0 Å². The molecule has 0 unspecified atom stereocenters. The Morgan fingerprint density at radius 3 is 2.57 bits per heavy atom. The van der Waals surface area contributed by atoms with Crippen LogP contribution in [-0.2, 0) is 9.53 Å². The van der Waals surface area contributed by atoms with Gasteiger partial charge in [0, 0.05) is 25.2 Å². The normalized spacial score (nSPS) is 14.3. The molecule has 1 aromatic carbocycles. The molecule has 10 nitrogen and oxygen atoms in total. The fourth-order valence-electron chi connectivity index (χ4n) is 2.76. The molecule has 1 aliphatic heterocycles. The van der Waals surface area contributed by atoms with Crippen LogP contribution in [0.3, 0.4) is 0 Å². The number of hydrogen-bond donors (Lipinski definition) is 2. The Balaban J connectivity index is 1.96. The summed E-state index contributed by atoms with van der Waals surface area (Å²) in [7, 11) is 0. The van der Waals surface area contributed by atoms with Crippen LogP contribution in [0.4, 0.5) is 16.2 Å². The van der Waals surface area contributed by atoms with E-state index in [-0.39, 0.29) is 17.3 Å². The molecule has 1 aromatic rings. The molecule has 1 atom stereocenters. The van der Waals surface area contributed by atoms with E-state index in [0.29, 0.717) is 12.1 Å². The van der Waals surface area contributed by atoms with Crippen molar-refractivity contribution in [2.24, 2.45) is 0 Å². The maximum atomic E-state index is 12.1. The van der Waals surface area contributed by atoms with E-state index in [0.717, 1.165) is 32.0 Å².